The molecule has 8 heteroatoms. The van der Waals surface area contributed by atoms with Gasteiger partial charge in [-0.3, -0.25) is 4.79 Å². The van der Waals surface area contributed by atoms with Gasteiger partial charge in [0.2, 0.25) is 0 Å². The van der Waals surface area contributed by atoms with E-state index in [0.29, 0.717) is 46.7 Å². The lowest BCUT2D eigenvalue weighted by Crippen LogP contribution is -2.31. The van der Waals surface area contributed by atoms with Crippen LogP contribution in [0.2, 0.25) is 10.0 Å². The summed E-state index contributed by atoms with van der Waals surface area (Å²) < 4.78 is 4.84. The molecule has 3 rings (SSSR count). The number of amides is 1. The first-order valence-corrected chi connectivity index (χ1v) is 10.0. The summed E-state index contributed by atoms with van der Waals surface area (Å²) in [5.74, 6) is 0.0820. The van der Waals surface area contributed by atoms with Crippen molar-refractivity contribution in [3.8, 4) is 0 Å². The molecule has 1 aromatic carbocycles. The third kappa shape index (κ3) is 5.71. The Balaban J connectivity index is 1.59. The van der Waals surface area contributed by atoms with Gasteiger partial charge in [-0.05, 0) is 49.2 Å². The Kier molecular flexibility index (Phi) is 7.12. The quantitative estimate of drug-likeness (QED) is 0.543. The average molecular weight is 434 g/mol. The zero-order valence-electron chi connectivity index (χ0n) is 15.9. The molecule has 1 N–H and O–H groups in total. The number of pyridine rings is 1. The van der Waals surface area contributed by atoms with Gasteiger partial charge in [0.1, 0.15) is 5.82 Å². The van der Waals surface area contributed by atoms with Gasteiger partial charge in [-0.1, -0.05) is 29.3 Å². The van der Waals surface area contributed by atoms with Crippen LogP contribution in [0.1, 0.15) is 29.3 Å². The van der Waals surface area contributed by atoms with Crippen LogP contribution in [0.5, 0.6) is 0 Å². The smallest absolute Gasteiger partial charge is 0.330 e. The van der Waals surface area contributed by atoms with Crippen LogP contribution in [0.15, 0.2) is 42.6 Å². The SMILES string of the molecule is CCOC(=O)C=Cc1cnc(N[C@@H]2CCN(C(=O)c3cccc(Cl)c3)C2)c(Cl)c1. The van der Waals surface area contributed by atoms with Crippen LogP contribution in [0, 0.1) is 0 Å². The zero-order chi connectivity index (χ0) is 20.8. The van der Waals surface area contributed by atoms with Crippen LogP contribution in [0.4, 0.5) is 5.82 Å². The van der Waals surface area contributed by atoms with Gasteiger partial charge >= 0.3 is 5.97 Å². The number of nitrogens with zero attached hydrogens (tertiary/aromatic N) is 2. The van der Waals surface area contributed by atoms with Gasteiger partial charge in [0.05, 0.1) is 11.6 Å². The van der Waals surface area contributed by atoms with E-state index in [4.69, 9.17) is 27.9 Å². The standard InChI is InChI=1S/C21H21Cl2N3O3/c1-2-29-19(27)7-6-14-10-18(23)20(24-12-14)25-17-8-9-26(13-17)21(28)15-4-3-5-16(22)11-15/h3-7,10-12,17H,2,8-9,13H2,1H3,(H,24,25)/t17-/m1/s1. The monoisotopic (exact) mass is 433 g/mol. The van der Waals surface area contributed by atoms with E-state index in [1.54, 1.807) is 54.4 Å². The third-order valence-corrected chi connectivity index (χ3v) is 4.97. The van der Waals surface area contributed by atoms with Crippen LogP contribution in [-0.4, -0.2) is 47.5 Å². The predicted octanol–water partition coefficient (Wildman–Crippen LogP) is 4.29. The molecule has 0 bridgehead atoms. The molecular weight excluding hydrogens is 413 g/mol. The van der Waals surface area contributed by atoms with Crippen LogP contribution in [-0.2, 0) is 9.53 Å². The number of anilines is 1. The summed E-state index contributed by atoms with van der Waals surface area (Å²) >= 11 is 12.3. The number of carbonyl (C=O) groups is 2. The zero-order valence-corrected chi connectivity index (χ0v) is 17.4. The number of esters is 1. The van der Waals surface area contributed by atoms with Crippen LogP contribution < -0.4 is 5.32 Å². The van der Waals surface area contributed by atoms with E-state index < -0.39 is 5.97 Å². The van der Waals surface area contributed by atoms with Gasteiger partial charge < -0.3 is 15.0 Å². The van der Waals surface area contributed by atoms with Crippen molar-refractivity contribution >= 4 is 47.0 Å². The van der Waals surface area contributed by atoms with E-state index in [1.807, 2.05) is 0 Å². The topological polar surface area (TPSA) is 71.5 Å². The summed E-state index contributed by atoms with van der Waals surface area (Å²) in [6.45, 7) is 3.26. The van der Waals surface area contributed by atoms with E-state index >= 15 is 0 Å². The van der Waals surface area contributed by atoms with E-state index in [2.05, 4.69) is 10.3 Å². The molecule has 1 aliphatic rings. The van der Waals surface area contributed by atoms with Crippen LogP contribution >= 0.6 is 23.2 Å². The maximum absolute atomic E-state index is 12.6. The van der Waals surface area contributed by atoms with Gasteiger partial charge in [-0.25, -0.2) is 9.78 Å². The highest BCUT2D eigenvalue weighted by Crippen LogP contribution is 2.24. The minimum atomic E-state index is -0.416. The second-order valence-corrected chi connectivity index (χ2v) is 7.42. The van der Waals surface area contributed by atoms with Gasteiger partial charge in [0, 0.05) is 42.0 Å². The van der Waals surface area contributed by atoms with Crippen molar-refractivity contribution in [3.05, 3.63) is 63.8 Å². The molecule has 0 aliphatic carbocycles. The number of aromatic nitrogens is 1. The van der Waals surface area contributed by atoms with Gasteiger partial charge in [0.15, 0.2) is 0 Å². The van der Waals surface area contributed by atoms with Crippen LogP contribution in [0.25, 0.3) is 6.08 Å². The predicted molar refractivity (Wildman–Crippen MR) is 114 cm³/mol. The van der Waals surface area contributed by atoms with Crippen molar-refractivity contribution in [3.63, 3.8) is 0 Å². The maximum Gasteiger partial charge on any atom is 0.330 e. The highest BCUT2D eigenvalue weighted by atomic mass is 35.5. The Hall–Kier alpha value is -2.57. The number of halogens is 2. The number of hydrogen-bond donors (Lipinski definition) is 1. The maximum atomic E-state index is 12.6. The molecule has 1 saturated heterocycles. The van der Waals surface area contributed by atoms with E-state index in [9.17, 15) is 9.59 Å². The lowest BCUT2D eigenvalue weighted by molar-refractivity contribution is -0.137. The number of likely N-dealkylation sites (tertiary alicyclic amines) is 1. The van der Waals surface area contributed by atoms with Gasteiger partial charge in [-0.2, -0.15) is 0 Å². The summed E-state index contributed by atoms with van der Waals surface area (Å²) in [5.41, 5.74) is 1.27. The molecule has 1 fully saturated rings. The summed E-state index contributed by atoms with van der Waals surface area (Å²) in [5, 5.41) is 4.27. The Labute approximate surface area is 179 Å². The molecule has 2 aromatic rings. The molecule has 6 nitrogen and oxygen atoms in total. The van der Waals surface area contributed by atoms with Gasteiger partial charge in [0.25, 0.3) is 5.91 Å². The van der Waals surface area contributed by atoms with Crippen molar-refractivity contribution in [1.82, 2.24) is 9.88 Å². The summed E-state index contributed by atoms with van der Waals surface area (Å²) in [6.07, 6.45) is 5.34. The van der Waals surface area contributed by atoms with E-state index in [0.717, 1.165) is 6.42 Å². The average Bonchev–Trinajstić information content (AvgIpc) is 3.16. The first-order chi connectivity index (χ1) is 14.0. The molecule has 1 aromatic heterocycles. The molecule has 1 amide bonds. The van der Waals surface area contributed by atoms with Crippen molar-refractivity contribution < 1.29 is 14.3 Å². The molecule has 1 atom stereocenters. The normalized spacial score (nSPS) is 16.2. The first-order valence-electron chi connectivity index (χ1n) is 9.28. The Morgan fingerprint density at radius 1 is 1.34 bits per heavy atom. The van der Waals surface area contributed by atoms with E-state index in [1.165, 1.54) is 6.08 Å². The lowest BCUT2D eigenvalue weighted by atomic mass is 10.2. The van der Waals surface area contributed by atoms with Crippen LogP contribution in [0.3, 0.4) is 0 Å². The molecule has 0 unspecified atom stereocenters. The fraction of sp³-hybridized carbons (Fsp3) is 0.286. The minimum absolute atomic E-state index is 0.0454. The molecule has 0 spiro atoms. The number of hydrogen-bond acceptors (Lipinski definition) is 5. The molecule has 2 heterocycles. The molecular formula is C21H21Cl2N3O3. The molecule has 0 saturated carbocycles. The second-order valence-electron chi connectivity index (χ2n) is 6.58. The minimum Gasteiger partial charge on any atom is -0.463 e. The number of rotatable bonds is 6. The number of ether oxygens (including phenoxy) is 1. The number of carbonyl (C=O) groups excluding carboxylic acids is 2. The van der Waals surface area contributed by atoms with Crippen molar-refractivity contribution in [1.29, 1.82) is 0 Å². The molecule has 1 aliphatic heterocycles. The first kappa shape index (κ1) is 21.1. The second kappa shape index (κ2) is 9.76. The lowest BCUT2D eigenvalue weighted by Gasteiger charge is -2.18. The highest BCUT2D eigenvalue weighted by Gasteiger charge is 2.27. The summed E-state index contributed by atoms with van der Waals surface area (Å²) in [7, 11) is 0. The Bertz CT molecular complexity index is 933. The van der Waals surface area contributed by atoms with Crippen molar-refractivity contribution in [2.45, 2.75) is 19.4 Å². The molecule has 0 radical (unpaired) electrons. The van der Waals surface area contributed by atoms with Gasteiger partial charge in [-0.15, -0.1) is 0 Å². The van der Waals surface area contributed by atoms with E-state index in [-0.39, 0.29) is 11.9 Å². The third-order valence-electron chi connectivity index (χ3n) is 4.45. The number of nitrogens with one attached hydrogen (secondary N) is 1. The molecule has 29 heavy (non-hydrogen) atoms. The fourth-order valence-electron chi connectivity index (χ4n) is 3.06. The Morgan fingerprint density at radius 3 is 2.90 bits per heavy atom. The summed E-state index contributed by atoms with van der Waals surface area (Å²) in [4.78, 5) is 30.1. The highest BCUT2D eigenvalue weighted by molar-refractivity contribution is 6.33. The Morgan fingerprint density at radius 2 is 2.17 bits per heavy atom. The molecule has 152 valence electrons. The van der Waals surface area contributed by atoms with Crippen molar-refractivity contribution in [2.24, 2.45) is 0 Å². The fourth-order valence-corrected chi connectivity index (χ4v) is 3.48. The van der Waals surface area contributed by atoms with Crippen molar-refractivity contribution in [2.75, 3.05) is 25.0 Å². The largest absolute Gasteiger partial charge is 0.463 e. The number of benzene rings is 1. The summed E-state index contributed by atoms with van der Waals surface area (Å²) in [6, 6.07) is 8.71.